The van der Waals surface area contributed by atoms with Crippen LogP contribution >= 0.6 is 15.9 Å². The van der Waals surface area contributed by atoms with E-state index in [1.165, 1.54) is 7.05 Å². The average Bonchev–Trinajstić information content (AvgIpc) is 2.33. The number of fused-ring (bicyclic) bond motifs is 1. The molecule has 0 amide bonds. The summed E-state index contributed by atoms with van der Waals surface area (Å²) in [6.07, 6.45) is -4.75. The van der Waals surface area contributed by atoms with E-state index in [0.29, 0.717) is 0 Å². The van der Waals surface area contributed by atoms with Gasteiger partial charge in [0.25, 0.3) is 0 Å². The molecule has 0 atom stereocenters. The van der Waals surface area contributed by atoms with Crippen molar-refractivity contribution in [1.82, 2.24) is 4.98 Å². The van der Waals surface area contributed by atoms with E-state index < -0.39 is 29.0 Å². The molecule has 1 N–H and O–H groups in total. The van der Waals surface area contributed by atoms with Crippen LogP contribution in [0.5, 0.6) is 0 Å². The van der Waals surface area contributed by atoms with Crippen molar-refractivity contribution in [1.29, 1.82) is 0 Å². The average molecular weight is 355 g/mol. The van der Waals surface area contributed by atoms with Gasteiger partial charge >= 0.3 is 6.18 Å². The van der Waals surface area contributed by atoms with Crippen LogP contribution in [-0.2, 0) is 6.18 Å². The summed E-state index contributed by atoms with van der Waals surface area (Å²) in [6.45, 7) is 1.15. The Hall–Kier alpha value is -1.44. The van der Waals surface area contributed by atoms with Gasteiger partial charge in [0.15, 0.2) is 5.82 Å². The lowest BCUT2D eigenvalue weighted by atomic mass is 10.1. The van der Waals surface area contributed by atoms with E-state index in [1.54, 1.807) is 0 Å². The third-order valence-corrected chi connectivity index (χ3v) is 3.44. The van der Waals surface area contributed by atoms with Crippen molar-refractivity contribution in [2.24, 2.45) is 0 Å². The maximum atomic E-state index is 14.1. The fourth-order valence-electron chi connectivity index (χ4n) is 2.01. The lowest BCUT2D eigenvalue weighted by Crippen LogP contribution is -2.13. The van der Waals surface area contributed by atoms with E-state index in [4.69, 9.17) is 0 Å². The van der Waals surface area contributed by atoms with Crippen LogP contribution in [0.2, 0.25) is 0 Å². The summed E-state index contributed by atoms with van der Waals surface area (Å²) in [5.74, 6) is -1.90. The number of anilines is 1. The van der Waals surface area contributed by atoms with Crippen molar-refractivity contribution in [3.8, 4) is 0 Å². The highest BCUT2D eigenvalue weighted by Gasteiger charge is 2.37. The molecule has 108 valence electrons. The second-order valence-electron chi connectivity index (χ2n) is 4.09. The Balaban J connectivity index is 3.04. The van der Waals surface area contributed by atoms with E-state index in [0.717, 1.165) is 13.0 Å². The number of alkyl halides is 3. The Morgan fingerprint density at radius 3 is 2.35 bits per heavy atom. The second-order valence-corrected chi connectivity index (χ2v) is 4.94. The summed E-state index contributed by atoms with van der Waals surface area (Å²) in [7, 11) is 1.33. The Kier molecular flexibility index (Phi) is 3.62. The molecule has 1 heterocycles. The van der Waals surface area contributed by atoms with Crippen molar-refractivity contribution >= 4 is 32.5 Å². The second kappa shape index (κ2) is 4.83. The maximum absolute atomic E-state index is 14.1. The van der Waals surface area contributed by atoms with Crippen molar-refractivity contribution in [2.75, 3.05) is 12.4 Å². The van der Waals surface area contributed by atoms with Crippen LogP contribution in [-0.4, -0.2) is 12.0 Å². The molecule has 0 aliphatic rings. The minimum atomic E-state index is -4.75. The first kappa shape index (κ1) is 15.0. The quantitative estimate of drug-likeness (QED) is 0.595. The minimum Gasteiger partial charge on any atom is -0.387 e. The maximum Gasteiger partial charge on any atom is 0.433 e. The van der Waals surface area contributed by atoms with E-state index in [1.807, 2.05) is 0 Å². The highest BCUT2D eigenvalue weighted by atomic mass is 79.9. The highest BCUT2D eigenvalue weighted by molar-refractivity contribution is 9.10. The van der Waals surface area contributed by atoms with Gasteiger partial charge in [0.1, 0.15) is 17.0 Å². The number of aromatic nitrogens is 1. The molecule has 0 radical (unpaired) electrons. The van der Waals surface area contributed by atoms with Gasteiger partial charge in [0.2, 0.25) is 0 Å². The molecular weight excluding hydrogens is 347 g/mol. The SMILES string of the molecule is CNc1c(C)c(C(F)(F)F)nc2c(F)cc(Br)c(F)c12. The Bertz CT molecular complexity index is 697. The molecule has 0 aliphatic carbocycles. The smallest absolute Gasteiger partial charge is 0.387 e. The van der Waals surface area contributed by atoms with Crippen LogP contribution in [0.3, 0.4) is 0 Å². The number of hydrogen-bond acceptors (Lipinski definition) is 2. The predicted octanol–water partition coefficient (Wildman–Crippen LogP) is 4.64. The first-order chi connectivity index (χ1) is 9.18. The summed E-state index contributed by atoms with van der Waals surface area (Å²) in [5.41, 5.74) is -2.33. The van der Waals surface area contributed by atoms with Gasteiger partial charge in [-0.15, -0.1) is 0 Å². The van der Waals surface area contributed by atoms with Gasteiger partial charge in [-0.05, 0) is 28.9 Å². The van der Waals surface area contributed by atoms with Crippen molar-refractivity contribution in [2.45, 2.75) is 13.1 Å². The van der Waals surface area contributed by atoms with Crippen LogP contribution in [0.25, 0.3) is 10.9 Å². The molecule has 1 aromatic carbocycles. The monoisotopic (exact) mass is 354 g/mol. The molecule has 1 aromatic heterocycles. The van der Waals surface area contributed by atoms with E-state index >= 15 is 0 Å². The van der Waals surface area contributed by atoms with Gasteiger partial charge in [0, 0.05) is 12.6 Å². The molecule has 0 aliphatic heterocycles. The first-order valence-corrected chi connectivity index (χ1v) is 6.20. The molecule has 0 bridgehead atoms. The molecule has 8 heteroatoms. The zero-order valence-corrected chi connectivity index (χ0v) is 11.9. The van der Waals surface area contributed by atoms with Gasteiger partial charge in [-0.25, -0.2) is 13.8 Å². The zero-order valence-electron chi connectivity index (χ0n) is 10.3. The van der Waals surface area contributed by atoms with E-state index in [-0.39, 0.29) is 21.1 Å². The number of pyridine rings is 1. The molecule has 2 nitrogen and oxygen atoms in total. The van der Waals surface area contributed by atoms with Crippen molar-refractivity contribution < 1.29 is 22.0 Å². The summed E-state index contributed by atoms with van der Waals surface area (Å²) < 4.78 is 66.3. The number of nitrogens with one attached hydrogen (secondary N) is 1. The first-order valence-electron chi connectivity index (χ1n) is 5.41. The normalized spacial score (nSPS) is 12.0. The van der Waals surface area contributed by atoms with Gasteiger partial charge in [0.05, 0.1) is 15.5 Å². The van der Waals surface area contributed by atoms with Gasteiger partial charge in [-0.3, -0.25) is 0 Å². The summed E-state index contributed by atoms with van der Waals surface area (Å²) >= 11 is 2.82. The molecule has 0 saturated carbocycles. The third kappa shape index (κ3) is 2.21. The van der Waals surface area contributed by atoms with Crippen LogP contribution in [0.15, 0.2) is 10.5 Å². The summed E-state index contributed by atoms with van der Waals surface area (Å²) in [6, 6.07) is 0.750. The van der Waals surface area contributed by atoms with E-state index in [9.17, 15) is 22.0 Å². The minimum absolute atomic E-state index is 0.139. The topological polar surface area (TPSA) is 24.9 Å². The number of halogens is 6. The van der Waals surface area contributed by atoms with Crippen LogP contribution in [0.4, 0.5) is 27.6 Å². The van der Waals surface area contributed by atoms with Crippen LogP contribution < -0.4 is 5.32 Å². The lowest BCUT2D eigenvalue weighted by Gasteiger charge is -2.17. The molecule has 0 spiro atoms. The zero-order chi connectivity index (χ0) is 15.2. The summed E-state index contributed by atoms with van der Waals surface area (Å²) in [4.78, 5) is 3.26. The Labute approximate surface area is 119 Å². The standard InChI is InChI=1S/C12H8BrF5N2/c1-4-9(19-2)7-8(15)5(13)3-6(14)10(7)20-11(4)12(16,17)18/h3H,1-2H3,(H,19,20). The van der Waals surface area contributed by atoms with Crippen molar-refractivity contribution in [3.63, 3.8) is 0 Å². The largest absolute Gasteiger partial charge is 0.433 e. The molecule has 2 rings (SSSR count). The number of hydrogen-bond donors (Lipinski definition) is 1. The molecule has 0 unspecified atom stereocenters. The molecule has 0 fully saturated rings. The lowest BCUT2D eigenvalue weighted by molar-refractivity contribution is -0.141. The summed E-state index contributed by atoms with van der Waals surface area (Å²) in [5, 5.41) is 2.16. The van der Waals surface area contributed by atoms with Gasteiger partial charge < -0.3 is 5.32 Å². The molecule has 0 saturated heterocycles. The van der Waals surface area contributed by atoms with Gasteiger partial charge in [-0.2, -0.15) is 13.2 Å². The molecule has 20 heavy (non-hydrogen) atoms. The Morgan fingerprint density at radius 1 is 1.25 bits per heavy atom. The molecule has 2 aromatic rings. The van der Waals surface area contributed by atoms with Crippen LogP contribution in [0, 0.1) is 18.6 Å². The van der Waals surface area contributed by atoms with Gasteiger partial charge in [-0.1, -0.05) is 0 Å². The number of rotatable bonds is 1. The predicted molar refractivity (Wildman–Crippen MR) is 68.6 cm³/mol. The fraction of sp³-hybridized carbons (Fsp3) is 0.250. The highest BCUT2D eigenvalue weighted by Crippen LogP contribution is 2.39. The third-order valence-electron chi connectivity index (χ3n) is 2.87. The van der Waals surface area contributed by atoms with E-state index in [2.05, 4.69) is 26.2 Å². The Morgan fingerprint density at radius 2 is 1.85 bits per heavy atom. The van der Waals surface area contributed by atoms with Crippen molar-refractivity contribution in [3.05, 3.63) is 33.4 Å². The van der Waals surface area contributed by atoms with Crippen LogP contribution in [0.1, 0.15) is 11.3 Å². The fourth-order valence-corrected chi connectivity index (χ4v) is 2.41. The molecular formula is C12H8BrF5N2. The number of nitrogens with zero attached hydrogens (tertiary/aromatic N) is 1. The number of benzene rings is 1.